The monoisotopic (exact) mass is 354 g/mol. The Kier molecular flexibility index (Phi) is 4.65. The number of carbonyl (C=O) groups is 1. The van der Waals surface area contributed by atoms with Crippen LogP contribution in [-0.2, 0) is 14.3 Å². The Morgan fingerprint density at radius 3 is 3.00 bits per heavy atom. The van der Waals surface area contributed by atoms with Crippen LogP contribution >= 0.6 is 22.6 Å². The van der Waals surface area contributed by atoms with E-state index in [1.165, 1.54) is 0 Å². The lowest BCUT2D eigenvalue weighted by molar-refractivity contribution is -0.137. The molecular weight excluding hydrogens is 335 g/mol. The number of rotatable bonds is 4. The number of carbonyl (C=O) groups excluding carboxylic acids is 1. The lowest BCUT2D eigenvalue weighted by atomic mass is 9.71. The molecule has 2 rings (SSSR count). The largest absolute Gasteiger partial charge is 0.465 e. The average molecular weight is 354 g/mol. The molecule has 5 heteroatoms. The smallest absolute Gasteiger partial charge is 0.306 e. The topological polar surface area (TPSA) is 55.8 Å². The number of cyclic esters (lactones) is 1. The Balaban J connectivity index is 1.82. The Morgan fingerprint density at radius 1 is 1.59 bits per heavy atom. The molecule has 1 N–H and O–H groups in total. The van der Waals surface area contributed by atoms with Crippen LogP contribution in [0.4, 0.5) is 0 Å². The first-order valence-electron chi connectivity index (χ1n) is 6.16. The van der Waals surface area contributed by atoms with Crippen molar-refractivity contribution in [2.24, 2.45) is 5.41 Å². The highest BCUT2D eigenvalue weighted by atomic mass is 127. The number of hydrogen-bond donors (Lipinski definition) is 1. The molecule has 0 aromatic heterocycles. The molecule has 1 aliphatic heterocycles. The summed E-state index contributed by atoms with van der Waals surface area (Å²) in [4.78, 5) is 11.2. The first kappa shape index (κ1) is 13.5. The van der Waals surface area contributed by atoms with Crippen LogP contribution in [0.5, 0.6) is 0 Å². The van der Waals surface area contributed by atoms with Crippen molar-refractivity contribution in [1.82, 2.24) is 0 Å². The molecular formula is C12H19IO4. The van der Waals surface area contributed by atoms with Gasteiger partial charge in [0.1, 0.15) is 0 Å². The number of halogens is 1. The van der Waals surface area contributed by atoms with Crippen LogP contribution in [0.3, 0.4) is 0 Å². The Hall–Kier alpha value is 0.120. The van der Waals surface area contributed by atoms with Crippen molar-refractivity contribution < 1.29 is 19.4 Å². The van der Waals surface area contributed by atoms with Gasteiger partial charge in [0.2, 0.25) is 0 Å². The third-order valence-corrected chi connectivity index (χ3v) is 4.46. The van der Waals surface area contributed by atoms with Gasteiger partial charge in [-0.05, 0) is 25.7 Å². The molecule has 1 heterocycles. The molecule has 17 heavy (non-hydrogen) atoms. The predicted octanol–water partition coefficient (Wildman–Crippen LogP) is 1.67. The van der Waals surface area contributed by atoms with Crippen molar-refractivity contribution in [2.75, 3.05) is 17.6 Å². The summed E-state index contributed by atoms with van der Waals surface area (Å²) in [7, 11) is 0. The molecule has 0 radical (unpaired) electrons. The third-order valence-electron chi connectivity index (χ3n) is 3.70. The second-order valence-corrected chi connectivity index (χ2v) is 6.18. The van der Waals surface area contributed by atoms with Gasteiger partial charge in [0, 0.05) is 16.4 Å². The molecule has 4 nitrogen and oxygen atoms in total. The van der Waals surface area contributed by atoms with E-state index in [1.54, 1.807) is 0 Å². The number of ether oxygens (including phenoxy) is 2. The maximum absolute atomic E-state index is 11.2. The normalized spacial score (nSPS) is 37.4. The van der Waals surface area contributed by atoms with Gasteiger partial charge >= 0.3 is 5.97 Å². The van der Waals surface area contributed by atoms with E-state index in [2.05, 4.69) is 22.6 Å². The van der Waals surface area contributed by atoms with Crippen molar-refractivity contribution in [1.29, 1.82) is 0 Å². The standard InChI is InChI=1S/C12H19IO4/c13-4-1-5-16-10-2-3-12(6-9(10)14)7-11(15)17-8-12/h9-10,14H,1-8H2. The number of esters is 1. The highest BCUT2D eigenvalue weighted by Gasteiger charge is 2.46. The zero-order valence-electron chi connectivity index (χ0n) is 9.86. The lowest BCUT2D eigenvalue weighted by Gasteiger charge is -2.38. The summed E-state index contributed by atoms with van der Waals surface area (Å²) in [6, 6.07) is 0. The maximum atomic E-state index is 11.2. The van der Waals surface area contributed by atoms with Crippen LogP contribution in [0.2, 0.25) is 0 Å². The molecule has 98 valence electrons. The van der Waals surface area contributed by atoms with Crippen molar-refractivity contribution in [2.45, 2.75) is 44.3 Å². The second-order valence-electron chi connectivity index (χ2n) is 5.10. The van der Waals surface area contributed by atoms with Gasteiger partial charge in [0.25, 0.3) is 0 Å². The van der Waals surface area contributed by atoms with E-state index in [0.717, 1.165) is 23.7 Å². The van der Waals surface area contributed by atoms with Gasteiger partial charge in [-0.15, -0.1) is 0 Å². The van der Waals surface area contributed by atoms with E-state index in [9.17, 15) is 9.90 Å². The summed E-state index contributed by atoms with van der Waals surface area (Å²) in [5.74, 6) is -0.124. The minimum Gasteiger partial charge on any atom is -0.465 e. The average Bonchev–Trinajstić information content (AvgIpc) is 2.64. The van der Waals surface area contributed by atoms with E-state index in [1.807, 2.05) is 0 Å². The van der Waals surface area contributed by atoms with Crippen molar-refractivity contribution >= 4 is 28.6 Å². The summed E-state index contributed by atoms with van der Waals surface area (Å²) in [5, 5.41) is 10.1. The molecule has 0 amide bonds. The SMILES string of the molecule is O=C1CC2(CCC(OCCCI)C(O)C2)CO1. The van der Waals surface area contributed by atoms with Gasteiger partial charge in [-0.1, -0.05) is 22.6 Å². The molecule has 1 aliphatic carbocycles. The highest BCUT2D eigenvalue weighted by molar-refractivity contribution is 14.1. The first-order chi connectivity index (χ1) is 8.15. The Morgan fingerprint density at radius 2 is 2.41 bits per heavy atom. The van der Waals surface area contributed by atoms with E-state index >= 15 is 0 Å². The lowest BCUT2D eigenvalue weighted by Crippen LogP contribution is -2.42. The van der Waals surface area contributed by atoms with Crippen molar-refractivity contribution in [3.05, 3.63) is 0 Å². The van der Waals surface area contributed by atoms with Crippen LogP contribution in [0.25, 0.3) is 0 Å². The zero-order chi connectivity index (χ0) is 12.3. The molecule has 3 atom stereocenters. The van der Waals surface area contributed by atoms with Crippen LogP contribution in [0, 0.1) is 5.41 Å². The molecule has 0 aromatic carbocycles. The predicted molar refractivity (Wildman–Crippen MR) is 71.1 cm³/mol. The molecule has 2 fully saturated rings. The fourth-order valence-electron chi connectivity index (χ4n) is 2.74. The number of hydrogen-bond acceptors (Lipinski definition) is 4. The van der Waals surface area contributed by atoms with Gasteiger partial charge in [0.15, 0.2) is 0 Å². The Labute approximate surface area is 115 Å². The molecule has 2 aliphatic rings. The van der Waals surface area contributed by atoms with Gasteiger partial charge in [-0.25, -0.2) is 0 Å². The van der Waals surface area contributed by atoms with Crippen molar-refractivity contribution in [3.63, 3.8) is 0 Å². The molecule has 1 spiro atoms. The van der Waals surface area contributed by atoms with Gasteiger partial charge in [-0.2, -0.15) is 0 Å². The van der Waals surface area contributed by atoms with E-state index in [0.29, 0.717) is 26.1 Å². The van der Waals surface area contributed by atoms with Crippen LogP contribution in [-0.4, -0.2) is 40.9 Å². The molecule has 0 aromatic rings. The third kappa shape index (κ3) is 3.32. The summed E-state index contributed by atoms with van der Waals surface area (Å²) in [6.45, 7) is 1.19. The van der Waals surface area contributed by atoms with E-state index in [-0.39, 0.29) is 17.5 Å². The molecule has 3 unspecified atom stereocenters. The fourth-order valence-corrected chi connectivity index (χ4v) is 3.05. The number of alkyl halides is 1. The zero-order valence-corrected chi connectivity index (χ0v) is 12.0. The maximum Gasteiger partial charge on any atom is 0.306 e. The highest BCUT2D eigenvalue weighted by Crippen LogP contribution is 2.44. The summed E-state index contributed by atoms with van der Waals surface area (Å²) in [6.07, 6.45) is 3.37. The van der Waals surface area contributed by atoms with E-state index < -0.39 is 6.10 Å². The Bertz CT molecular complexity index is 284. The van der Waals surface area contributed by atoms with Gasteiger partial charge in [0.05, 0.1) is 25.2 Å². The number of aliphatic hydroxyl groups is 1. The fraction of sp³-hybridized carbons (Fsp3) is 0.917. The second kappa shape index (κ2) is 5.84. The van der Waals surface area contributed by atoms with Gasteiger partial charge < -0.3 is 14.6 Å². The van der Waals surface area contributed by atoms with Crippen LogP contribution in [0.1, 0.15) is 32.1 Å². The van der Waals surface area contributed by atoms with Crippen LogP contribution in [0.15, 0.2) is 0 Å². The minimum atomic E-state index is -0.451. The molecule has 0 bridgehead atoms. The van der Waals surface area contributed by atoms with Crippen molar-refractivity contribution in [3.8, 4) is 0 Å². The minimum absolute atomic E-state index is 0.0562. The van der Waals surface area contributed by atoms with Crippen LogP contribution < -0.4 is 0 Å². The molecule has 1 saturated heterocycles. The van der Waals surface area contributed by atoms with Gasteiger partial charge in [-0.3, -0.25) is 4.79 Å². The quantitative estimate of drug-likeness (QED) is 0.361. The summed E-state index contributed by atoms with van der Waals surface area (Å²) in [5.41, 5.74) is -0.111. The summed E-state index contributed by atoms with van der Waals surface area (Å²) >= 11 is 2.32. The van der Waals surface area contributed by atoms with E-state index in [4.69, 9.17) is 9.47 Å². The first-order valence-corrected chi connectivity index (χ1v) is 7.69. The summed E-state index contributed by atoms with van der Waals surface area (Å²) < 4.78 is 11.8. The molecule has 1 saturated carbocycles. The number of aliphatic hydroxyl groups excluding tert-OH is 1.